The van der Waals surface area contributed by atoms with Crippen LogP contribution in [0.25, 0.3) is 0 Å². The van der Waals surface area contributed by atoms with E-state index in [2.05, 4.69) is 10.3 Å². The quantitative estimate of drug-likeness (QED) is 0.887. The molecular weight excluding hydrogens is 259 g/mol. The summed E-state index contributed by atoms with van der Waals surface area (Å²) < 4.78 is 42.5. The summed E-state index contributed by atoms with van der Waals surface area (Å²) in [5.74, 6) is 0. The molecule has 0 saturated heterocycles. The van der Waals surface area contributed by atoms with Crippen LogP contribution in [-0.2, 0) is 10.9 Å². The highest BCUT2D eigenvalue weighted by atomic mass is 19.4. The van der Waals surface area contributed by atoms with E-state index in [4.69, 9.17) is 10.5 Å². The maximum Gasteiger partial charge on any atom is 0.416 e. The monoisotopic (exact) mass is 273 g/mol. The summed E-state index contributed by atoms with van der Waals surface area (Å²) in [4.78, 5) is 4.02. The number of nitrogens with two attached hydrogens (primary N) is 1. The van der Waals surface area contributed by atoms with Crippen LogP contribution in [-0.4, -0.2) is 25.2 Å². The van der Waals surface area contributed by atoms with Crippen molar-refractivity contribution in [1.82, 2.24) is 0 Å². The molecule has 0 aliphatic carbocycles. The van der Waals surface area contributed by atoms with Crippen molar-refractivity contribution in [2.24, 2.45) is 10.7 Å². The zero-order valence-electron chi connectivity index (χ0n) is 10.3. The number of ether oxygens (including phenoxy) is 1. The standard InChI is InChI=1S/C12H14F3N3O/c1-7-4-8(12(13,14)15)2-3-10(7)17-5-9-6-19-11(16)18-9/h2-4,9,17H,5-6H2,1H3,(H2,16,18). The van der Waals surface area contributed by atoms with Crippen molar-refractivity contribution in [2.45, 2.75) is 19.1 Å². The summed E-state index contributed by atoms with van der Waals surface area (Å²) in [5, 5.41) is 3.04. The van der Waals surface area contributed by atoms with Crippen LogP contribution in [0.3, 0.4) is 0 Å². The Balaban J connectivity index is 2.02. The number of alkyl halides is 3. The largest absolute Gasteiger partial charge is 0.463 e. The van der Waals surface area contributed by atoms with E-state index in [-0.39, 0.29) is 12.1 Å². The van der Waals surface area contributed by atoms with E-state index in [9.17, 15) is 13.2 Å². The summed E-state index contributed by atoms with van der Waals surface area (Å²) in [6, 6.07) is 3.63. The number of anilines is 1. The van der Waals surface area contributed by atoms with Gasteiger partial charge in [-0.15, -0.1) is 0 Å². The Kier molecular flexibility index (Phi) is 3.55. The molecule has 0 spiro atoms. The first-order valence-corrected chi connectivity index (χ1v) is 5.74. The van der Waals surface area contributed by atoms with E-state index in [1.165, 1.54) is 6.07 Å². The molecule has 1 aromatic carbocycles. The molecule has 4 nitrogen and oxygen atoms in total. The fourth-order valence-electron chi connectivity index (χ4n) is 1.81. The first-order chi connectivity index (χ1) is 8.86. The molecule has 0 radical (unpaired) electrons. The summed E-state index contributed by atoms with van der Waals surface area (Å²) in [7, 11) is 0. The van der Waals surface area contributed by atoms with Crippen molar-refractivity contribution in [3.63, 3.8) is 0 Å². The number of aliphatic imine (C=N–C) groups is 1. The van der Waals surface area contributed by atoms with Crippen LogP contribution >= 0.6 is 0 Å². The number of hydrogen-bond donors (Lipinski definition) is 2. The number of benzene rings is 1. The van der Waals surface area contributed by atoms with E-state index >= 15 is 0 Å². The summed E-state index contributed by atoms with van der Waals surface area (Å²) in [5.41, 5.74) is 5.90. The number of amidine groups is 1. The molecule has 1 heterocycles. The van der Waals surface area contributed by atoms with Crippen LogP contribution < -0.4 is 11.1 Å². The topological polar surface area (TPSA) is 59.6 Å². The van der Waals surface area contributed by atoms with E-state index in [0.717, 1.165) is 12.1 Å². The molecule has 1 aliphatic heterocycles. The molecule has 0 fully saturated rings. The molecule has 1 atom stereocenters. The van der Waals surface area contributed by atoms with Gasteiger partial charge in [0.1, 0.15) is 12.6 Å². The van der Waals surface area contributed by atoms with Gasteiger partial charge in [0.05, 0.1) is 5.56 Å². The van der Waals surface area contributed by atoms with Gasteiger partial charge in [-0.3, -0.25) is 0 Å². The highest BCUT2D eigenvalue weighted by molar-refractivity contribution is 5.73. The summed E-state index contributed by atoms with van der Waals surface area (Å²) in [6.07, 6.45) is -4.32. The second kappa shape index (κ2) is 4.99. The third-order valence-corrected chi connectivity index (χ3v) is 2.82. The van der Waals surface area contributed by atoms with Crippen molar-refractivity contribution in [3.8, 4) is 0 Å². The molecule has 1 unspecified atom stereocenters. The molecule has 104 valence electrons. The van der Waals surface area contributed by atoms with Gasteiger partial charge in [-0.2, -0.15) is 13.2 Å². The second-order valence-corrected chi connectivity index (χ2v) is 4.34. The maximum atomic E-state index is 12.5. The summed E-state index contributed by atoms with van der Waals surface area (Å²) in [6.45, 7) is 2.48. The average molecular weight is 273 g/mol. The number of halogens is 3. The molecular formula is C12H14F3N3O. The van der Waals surface area contributed by atoms with Crippen molar-refractivity contribution < 1.29 is 17.9 Å². The molecule has 0 aromatic heterocycles. The van der Waals surface area contributed by atoms with Gasteiger partial charge in [0, 0.05) is 12.2 Å². The lowest BCUT2D eigenvalue weighted by Gasteiger charge is -2.14. The van der Waals surface area contributed by atoms with Gasteiger partial charge in [0.25, 0.3) is 6.02 Å². The maximum absolute atomic E-state index is 12.5. The SMILES string of the molecule is Cc1cc(C(F)(F)F)ccc1NCC1COC(N)=N1. The highest BCUT2D eigenvalue weighted by Crippen LogP contribution is 2.31. The molecule has 1 aliphatic rings. The third kappa shape index (κ3) is 3.30. The van der Waals surface area contributed by atoms with Crippen molar-refractivity contribution >= 4 is 11.7 Å². The Labute approximate surface area is 108 Å². The fourth-order valence-corrected chi connectivity index (χ4v) is 1.81. The lowest BCUT2D eigenvalue weighted by atomic mass is 10.1. The Morgan fingerprint density at radius 1 is 1.47 bits per heavy atom. The summed E-state index contributed by atoms with van der Waals surface area (Å²) >= 11 is 0. The van der Waals surface area contributed by atoms with E-state index in [1.807, 2.05) is 0 Å². The van der Waals surface area contributed by atoms with E-state index in [1.54, 1.807) is 6.92 Å². The molecule has 3 N–H and O–H groups in total. The minimum Gasteiger partial charge on any atom is -0.463 e. The van der Waals surface area contributed by atoms with Crippen molar-refractivity contribution in [2.75, 3.05) is 18.5 Å². The molecule has 0 bridgehead atoms. The highest BCUT2D eigenvalue weighted by Gasteiger charge is 2.30. The van der Waals surface area contributed by atoms with Gasteiger partial charge in [0.15, 0.2) is 0 Å². The smallest absolute Gasteiger partial charge is 0.416 e. The molecule has 0 amide bonds. The first kappa shape index (κ1) is 13.5. The van der Waals surface area contributed by atoms with E-state index in [0.29, 0.717) is 24.4 Å². The average Bonchev–Trinajstić information content (AvgIpc) is 2.72. The zero-order chi connectivity index (χ0) is 14.0. The number of hydrogen-bond acceptors (Lipinski definition) is 4. The molecule has 2 rings (SSSR count). The Morgan fingerprint density at radius 3 is 2.74 bits per heavy atom. The Morgan fingerprint density at radius 2 is 2.21 bits per heavy atom. The van der Waals surface area contributed by atoms with Gasteiger partial charge >= 0.3 is 6.18 Å². The van der Waals surface area contributed by atoms with Crippen LogP contribution in [0.4, 0.5) is 18.9 Å². The lowest BCUT2D eigenvalue weighted by Crippen LogP contribution is -2.19. The lowest BCUT2D eigenvalue weighted by molar-refractivity contribution is -0.137. The second-order valence-electron chi connectivity index (χ2n) is 4.34. The number of nitrogens with zero attached hydrogens (tertiary/aromatic N) is 1. The van der Waals surface area contributed by atoms with Crippen LogP contribution in [0.5, 0.6) is 0 Å². The van der Waals surface area contributed by atoms with Crippen LogP contribution in [0.1, 0.15) is 11.1 Å². The number of rotatable bonds is 3. The minimum atomic E-state index is -4.32. The predicted octanol–water partition coefficient (Wildman–Crippen LogP) is 2.14. The van der Waals surface area contributed by atoms with Gasteiger partial charge in [0.2, 0.25) is 0 Å². The third-order valence-electron chi connectivity index (χ3n) is 2.82. The van der Waals surface area contributed by atoms with Gasteiger partial charge < -0.3 is 15.8 Å². The van der Waals surface area contributed by atoms with Crippen LogP contribution in [0, 0.1) is 6.92 Å². The molecule has 1 aromatic rings. The Hall–Kier alpha value is -1.92. The molecule has 0 saturated carbocycles. The van der Waals surface area contributed by atoms with Gasteiger partial charge in [-0.25, -0.2) is 4.99 Å². The van der Waals surface area contributed by atoms with E-state index < -0.39 is 11.7 Å². The van der Waals surface area contributed by atoms with Crippen LogP contribution in [0.2, 0.25) is 0 Å². The molecule has 7 heteroatoms. The number of nitrogens with one attached hydrogen (secondary N) is 1. The number of aryl methyl sites for hydroxylation is 1. The van der Waals surface area contributed by atoms with Gasteiger partial charge in [-0.1, -0.05) is 0 Å². The minimum absolute atomic E-state index is 0.110. The Bertz CT molecular complexity index is 499. The van der Waals surface area contributed by atoms with Crippen LogP contribution in [0.15, 0.2) is 23.2 Å². The zero-order valence-corrected chi connectivity index (χ0v) is 10.3. The van der Waals surface area contributed by atoms with Crippen molar-refractivity contribution in [3.05, 3.63) is 29.3 Å². The van der Waals surface area contributed by atoms with Crippen molar-refractivity contribution in [1.29, 1.82) is 0 Å². The first-order valence-electron chi connectivity index (χ1n) is 5.74. The fraction of sp³-hybridized carbons (Fsp3) is 0.417. The normalized spacial score (nSPS) is 18.9. The molecule has 19 heavy (non-hydrogen) atoms. The predicted molar refractivity (Wildman–Crippen MR) is 66.0 cm³/mol. The van der Waals surface area contributed by atoms with Gasteiger partial charge in [-0.05, 0) is 30.7 Å².